The second kappa shape index (κ2) is 7.30. The Kier molecular flexibility index (Phi) is 4.54. The van der Waals surface area contributed by atoms with Crippen LogP contribution in [0.15, 0.2) is 97.1 Å². The number of hydrogen-bond acceptors (Lipinski definition) is 3. The van der Waals surface area contributed by atoms with Gasteiger partial charge in [0.25, 0.3) is 0 Å². The molecule has 126 valence electrons. The number of nitrogens with zero attached hydrogens (tertiary/aromatic N) is 2. The van der Waals surface area contributed by atoms with Gasteiger partial charge in [0.2, 0.25) is 0 Å². The first kappa shape index (κ1) is 16.2. The lowest BCUT2D eigenvalue weighted by atomic mass is 10.1. The molecule has 3 heteroatoms. The molecule has 0 aliphatic rings. The lowest BCUT2D eigenvalue weighted by Crippen LogP contribution is -2.05. The van der Waals surface area contributed by atoms with Gasteiger partial charge in [-0.1, -0.05) is 72.8 Å². The first-order valence-electron chi connectivity index (χ1n) is 8.54. The molecule has 2 aromatic carbocycles. The van der Waals surface area contributed by atoms with E-state index in [1.165, 1.54) is 0 Å². The highest BCUT2D eigenvalue weighted by Crippen LogP contribution is 2.25. The van der Waals surface area contributed by atoms with Gasteiger partial charge in [0.1, 0.15) is 6.10 Å². The molecule has 0 aliphatic heterocycles. The highest BCUT2D eigenvalue weighted by atomic mass is 16.3. The molecule has 4 rings (SSSR count). The average Bonchev–Trinajstić information content (AvgIpc) is 2.75. The third-order valence-electron chi connectivity index (χ3n) is 4.24. The lowest BCUT2D eigenvalue weighted by Gasteiger charge is -2.12. The maximum Gasteiger partial charge on any atom is 0.138 e. The fourth-order valence-electron chi connectivity index (χ4n) is 2.90. The summed E-state index contributed by atoms with van der Waals surface area (Å²) in [5.41, 5.74) is 4.89. The van der Waals surface area contributed by atoms with Gasteiger partial charge >= 0.3 is 0 Å². The molecule has 2 aromatic heterocycles. The molecule has 0 unspecified atom stereocenters. The van der Waals surface area contributed by atoms with Crippen molar-refractivity contribution in [2.45, 2.75) is 6.10 Å². The molecule has 26 heavy (non-hydrogen) atoms. The van der Waals surface area contributed by atoms with E-state index in [4.69, 9.17) is 0 Å². The fraction of sp³-hybridized carbons (Fsp3) is 0.0435. The highest BCUT2D eigenvalue weighted by molar-refractivity contribution is 5.60. The lowest BCUT2D eigenvalue weighted by molar-refractivity contribution is 0.210. The summed E-state index contributed by atoms with van der Waals surface area (Å²) >= 11 is 0. The van der Waals surface area contributed by atoms with Crippen molar-refractivity contribution in [1.29, 1.82) is 0 Å². The SMILES string of the molecule is OC(c1cccc(-c2ccccc2)n1)c1cccc(-c2ccccc2)n1. The van der Waals surface area contributed by atoms with Crippen LogP contribution in [0.2, 0.25) is 0 Å². The first-order chi connectivity index (χ1) is 12.8. The highest BCUT2D eigenvalue weighted by Gasteiger charge is 2.15. The maximum absolute atomic E-state index is 10.8. The third kappa shape index (κ3) is 3.39. The van der Waals surface area contributed by atoms with E-state index >= 15 is 0 Å². The monoisotopic (exact) mass is 338 g/mol. The second-order valence-electron chi connectivity index (χ2n) is 6.03. The molecule has 0 radical (unpaired) electrons. The van der Waals surface area contributed by atoms with E-state index in [1.807, 2.05) is 97.1 Å². The molecule has 0 aliphatic carbocycles. The van der Waals surface area contributed by atoms with Gasteiger partial charge in [-0.3, -0.25) is 0 Å². The van der Waals surface area contributed by atoms with E-state index < -0.39 is 6.10 Å². The first-order valence-corrected chi connectivity index (χ1v) is 8.54. The van der Waals surface area contributed by atoms with Gasteiger partial charge in [-0.05, 0) is 24.3 Å². The minimum absolute atomic E-state index is 0.587. The molecule has 0 saturated carbocycles. The summed E-state index contributed by atoms with van der Waals surface area (Å²) in [5, 5.41) is 10.8. The van der Waals surface area contributed by atoms with Crippen molar-refractivity contribution < 1.29 is 5.11 Å². The minimum atomic E-state index is -0.873. The Morgan fingerprint density at radius 2 is 0.923 bits per heavy atom. The quantitative estimate of drug-likeness (QED) is 0.576. The number of aromatic nitrogens is 2. The molecule has 0 atom stereocenters. The smallest absolute Gasteiger partial charge is 0.138 e. The van der Waals surface area contributed by atoms with Gasteiger partial charge in [0.05, 0.1) is 22.8 Å². The summed E-state index contributed by atoms with van der Waals surface area (Å²) in [5.74, 6) is 0. The summed E-state index contributed by atoms with van der Waals surface area (Å²) < 4.78 is 0. The molecule has 0 amide bonds. The number of pyridine rings is 2. The molecule has 1 N–H and O–H groups in total. The largest absolute Gasteiger partial charge is 0.380 e. The molecule has 0 fully saturated rings. The van der Waals surface area contributed by atoms with Gasteiger partial charge in [-0.25, -0.2) is 9.97 Å². The van der Waals surface area contributed by atoms with Gasteiger partial charge < -0.3 is 5.11 Å². The van der Waals surface area contributed by atoms with Gasteiger partial charge in [0.15, 0.2) is 0 Å². The van der Waals surface area contributed by atoms with Crippen molar-refractivity contribution in [2.24, 2.45) is 0 Å². The molecule has 0 bridgehead atoms. The topological polar surface area (TPSA) is 46.0 Å². The molecule has 0 saturated heterocycles. The number of benzene rings is 2. The second-order valence-corrected chi connectivity index (χ2v) is 6.03. The predicted octanol–water partition coefficient (Wildman–Crippen LogP) is 4.89. The van der Waals surface area contributed by atoms with Crippen LogP contribution in [0.4, 0.5) is 0 Å². The zero-order valence-corrected chi connectivity index (χ0v) is 14.2. The van der Waals surface area contributed by atoms with E-state index in [-0.39, 0.29) is 0 Å². The summed E-state index contributed by atoms with van der Waals surface area (Å²) in [7, 11) is 0. The third-order valence-corrected chi connectivity index (χ3v) is 4.24. The van der Waals surface area contributed by atoms with E-state index in [9.17, 15) is 5.11 Å². The van der Waals surface area contributed by atoms with Gasteiger partial charge in [0, 0.05) is 11.1 Å². The Balaban J connectivity index is 1.67. The van der Waals surface area contributed by atoms with Crippen molar-refractivity contribution in [1.82, 2.24) is 9.97 Å². The van der Waals surface area contributed by atoms with Crippen molar-refractivity contribution in [3.63, 3.8) is 0 Å². The Morgan fingerprint density at radius 1 is 0.500 bits per heavy atom. The van der Waals surface area contributed by atoms with E-state index in [2.05, 4.69) is 9.97 Å². The molecular formula is C23H18N2O. The summed E-state index contributed by atoms with van der Waals surface area (Å²) in [6.07, 6.45) is -0.873. The Labute approximate surface area is 152 Å². The Bertz CT molecular complexity index is 918. The van der Waals surface area contributed by atoms with Gasteiger partial charge in [-0.15, -0.1) is 0 Å². The van der Waals surface area contributed by atoms with Crippen LogP contribution in [-0.4, -0.2) is 15.1 Å². The van der Waals surface area contributed by atoms with Crippen molar-refractivity contribution in [3.8, 4) is 22.5 Å². The minimum Gasteiger partial charge on any atom is -0.380 e. The van der Waals surface area contributed by atoms with E-state index in [0.717, 1.165) is 22.5 Å². The number of rotatable bonds is 4. The van der Waals surface area contributed by atoms with Crippen LogP contribution in [0.1, 0.15) is 17.5 Å². The maximum atomic E-state index is 10.8. The fourth-order valence-corrected chi connectivity index (χ4v) is 2.90. The zero-order valence-electron chi connectivity index (χ0n) is 14.2. The molecule has 0 spiro atoms. The number of aliphatic hydroxyl groups excluding tert-OH is 1. The number of hydrogen-bond donors (Lipinski definition) is 1. The summed E-state index contributed by atoms with van der Waals surface area (Å²) in [4.78, 5) is 9.26. The van der Waals surface area contributed by atoms with Crippen LogP contribution in [0.25, 0.3) is 22.5 Å². The normalized spacial score (nSPS) is 10.8. The molecule has 2 heterocycles. The average molecular weight is 338 g/mol. The van der Waals surface area contributed by atoms with Crippen LogP contribution >= 0.6 is 0 Å². The summed E-state index contributed by atoms with van der Waals surface area (Å²) in [6, 6.07) is 31.2. The van der Waals surface area contributed by atoms with Crippen molar-refractivity contribution in [2.75, 3.05) is 0 Å². The Hall–Kier alpha value is -3.30. The van der Waals surface area contributed by atoms with Crippen LogP contribution in [0, 0.1) is 0 Å². The van der Waals surface area contributed by atoms with E-state index in [0.29, 0.717) is 11.4 Å². The molecule has 3 nitrogen and oxygen atoms in total. The standard InChI is InChI=1S/C23H18N2O/c26-23(21-15-7-13-19(24-21)17-9-3-1-4-10-17)22-16-8-14-20(25-22)18-11-5-2-6-12-18/h1-16,23,26H. The molecular weight excluding hydrogens is 320 g/mol. The Morgan fingerprint density at radius 3 is 1.35 bits per heavy atom. The number of aliphatic hydroxyl groups is 1. The van der Waals surface area contributed by atoms with Crippen molar-refractivity contribution >= 4 is 0 Å². The van der Waals surface area contributed by atoms with Crippen LogP contribution in [0.3, 0.4) is 0 Å². The van der Waals surface area contributed by atoms with Crippen LogP contribution < -0.4 is 0 Å². The van der Waals surface area contributed by atoms with E-state index in [1.54, 1.807) is 0 Å². The summed E-state index contributed by atoms with van der Waals surface area (Å²) in [6.45, 7) is 0. The van der Waals surface area contributed by atoms with Crippen LogP contribution in [-0.2, 0) is 0 Å². The zero-order chi connectivity index (χ0) is 17.8. The predicted molar refractivity (Wildman–Crippen MR) is 103 cm³/mol. The van der Waals surface area contributed by atoms with Crippen LogP contribution in [0.5, 0.6) is 0 Å². The van der Waals surface area contributed by atoms with Crippen molar-refractivity contribution in [3.05, 3.63) is 108 Å². The molecule has 4 aromatic rings. The van der Waals surface area contributed by atoms with Gasteiger partial charge in [-0.2, -0.15) is 0 Å².